The summed E-state index contributed by atoms with van der Waals surface area (Å²) in [7, 11) is 0. The molecular formula is C53H101N. The van der Waals surface area contributed by atoms with Crippen LogP contribution in [0.5, 0.6) is 0 Å². The maximum atomic E-state index is 5.18. The fourth-order valence-electron chi connectivity index (χ4n) is 8.62. The molecule has 0 N–H and O–H groups in total. The highest BCUT2D eigenvalue weighted by molar-refractivity contribution is 5.22. The molecule has 0 fully saturated rings. The van der Waals surface area contributed by atoms with Gasteiger partial charge in [-0.1, -0.05) is 271 Å². The van der Waals surface area contributed by atoms with Crippen molar-refractivity contribution in [1.82, 2.24) is 4.98 Å². The van der Waals surface area contributed by atoms with Gasteiger partial charge in [0.05, 0.1) is 0 Å². The average molecular weight is 752 g/mol. The second-order valence-electron chi connectivity index (χ2n) is 18.0. The molecule has 0 aromatic carbocycles. The molecule has 1 heteroatoms. The topological polar surface area (TPSA) is 12.9 Å². The molecule has 0 spiro atoms. The zero-order chi connectivity index (χ0) is 38.7. The SMILES string of the molecule is CCCCCCCCCCCCCCCCCCCCCCc1cc(CCCC)cc(CCCCCCCCCCCCCCCCCCCCCC)n1. The van der Waals surface area contributed by atoms with Gasteiger partial charge in [0.15, 0.2) is 0 Å². The predicted molar refractivity (Wildman–Crippen MR) is 246 cm³/mol. The lowest BCUT2D eigenvalue weighted by molar-refractivity contribution is 0.521. The van der Waals surface area contributed by atoms with Crippen LogP contribution in [-0.4, -0.2) is 4.98 Å². The lowest BCUT2D eigenvalue weighted by Crippen LogP contribution is -2.00. The third-order valence-corrected chi connectivity index (χ3v) is 12.4. The Bertz CT molecular complexity index is 781. The van der Waals surface area contributed by atoms with Crippen molar-refractivity contribution in [2.45, 2.75) is 310 Å². The largest absolute Gasteiger partial charge is 0.258 e. The Morgan fingerprint density at radius 2 is 0.444 bits per heavy atom. The summed E-state index contributed by atoms with van der Waals surface area (Å²) >= 11 is 0. The minimum Gasteiger partial charge on any atom is -0.258 e. The lowest BCUT2D eigenvalue weighted by atomic mass is 10.0. The summed E-state index contributed by atoms with van der Waals surface area (Å²) in [5.74, 6) is 0. The molecule has 0 aliphatic rings. The van der Waals surface area contributed by atoms with E-state index in [4.69, 9.17) is 4.98 Å². The quantitative estimate of drug-likeness (QED) is 0.0605. The second kappa shape index (κ2) is 43.3. The van der Waals surface area contributed by atoms with Gasteiger partial charge in [0.25, 0.3) is 0 Å². The molecular weight excluding hydrogens is 651 g/mol. The number of unbranched alkanes of at least 4 members (excludes halogenated alkanes) is 39. The van der Waals surface area contributed by atoms with Gasteiger partial charge in [-0.3, -0.25) is 4.98 Å². The molecule has 0 radical (unpaired) electrons. The summed E-state index contributed by atoms with van der Waals surface area (Å²) in [5, 5.41) is 0. The molecule has 1 aromatic rings. The number of hydrogen-bond acceptors (Lipinski definition) is 1. The summed E-state index contributed by atoms with van der Waals surface area (Å²) in [6.07, 6.45) is 64.2. The first-order chi connectivity index (χ1) is 26.8. The third-order valence-electron chi connectivity index (χ3n) is 12.4. The van der Waals surface area contributed by atoms with Crippen molar-refractivity contribution >= 4 is 0 Å². The second-order valence-corrected chi connectivity index (χ2v) is 18.0. The Morgan fingerprint density at radius 3 is 0.667 bits per heavy atom. The summed E-state index contributed by atoms with van der Waals surface area (Å²) in [5.41, 5.74) is 4.32. The molecule has 0 bridgehead atoms. The van der Waals surface area contributed by atoms with E-state index >= 15 is 0 Å². The molecule has 1 aromatic heterocycles. The Balaban J connectivity index is 1.99. The van der Waals surface area contributed by atoms with E-state index in [1.165, 1.54) is 300 Å². The van der Waals surface area contributed by atoms with Crippen molar-refractivity contribution in [3.63, 3.8) is 0 Å². The summed E-state index contributed by atoms with van der Waals surface area (Å²) in [6.45, 7) is 6.94. The number of rotatable bonds is 45. The molecule has 0 atom stereocenters. The van der Waals surface area contributed by atoms with Crippen molar-refractivity contribution in [2.75, 3.05) is 0 Å². The minimum atomic E-state index is 1.19. The van der Waals surface area contributed by atoms with Crippen molar-refractivity contribution in [3.05, 3.63) is 29.1 Å². The maximum absolute atomic E-state index is 5.18. The first-order valence-corrected chi connectivity index (χ1v) is 25.8. The van der Waals surface area contributed by atoms with Gasteiger partial charge in [-0.15, -0.1) is 0 Å². The van der Waals surface area contributed by atoms with Crippen LogP contribution in [0.2, 0.25) is 0 Å². The Morgan fingerprint density at radius 1 is 0.241 bits per heavy atom. The number of aryl methyl sites for hydroxylation is 3. The fraction of sp³-hybridized carbons (Fsp3) is 0.906. The van der Waals surface area contributed by atoms with Gasteiger partial charge >= 0.3 is 0 Å². The van der Waals surface area contributed by atoms with Crippen LogP contribution in [0.3, 0.4) is 0 Å². The van der Waals surface area contributed by atoms with Crippen molar-refractivity contribution in [3.8, 4) is 0 Å². The Kier molecular flexibility index (Phi) is 41.0. The summed E-state index contributed by atoms with van der Waals surface area (Å²) < 4.78 is 0. The molecule has 0 saturated heterocycles. The van der Waals surface area contributed by atoms with E-state index in [9.17, 15) is 0 Å². The Labute approximate surface area is 342 Å². The molecule has 1 rings (SSSR count). The van der Waals surface area contributed by atoms with Crippen LogP contribution in [-0.2, 0) is 19.3 Å². The van der Waals surface area contributed by atoms with E-state index in [1.807, 2.05) is 0 Å². The molecule has 0 aliphatic heterocycles. The number of hydrogen-bond donors (Lipinski definition) is 0. The molecule has 1 nitrogen and oxygen atoms in total. The summed E-state index contributed by atoms with van der Waals surface area (Å²) in [6, 6.07) is 4.90. The van der Waals surface area contributed by atoms with Gasteiger partial charge in [0.2, 0.25) is 0 Å². The van der Waals surface area contributed by atoms with Gasteiger partial charge < -0.3 is 0 Å². The van der Waals surface area contributed by atoms with Gasteiger partial charge in [-0.2, -0.15) is 0 Å². The molecule has 318 valence electrons. The van der Waals surface area contributed by atoms with E-state index in [0.717, 1.165) is 0 Å². The van der Waals surface area contributed by atoms with Gasteiger partial charge in [0.1, 0.15) is 0 Å². The average Bonchev–Trinajstić information content (AvgIpc) is 3.18. The first kappa shape index (κ1) is 51.2. The van der Waals surface area contributed by atoms with Crippen molar-refractivity contribution < 1.29 is 0 Å². The normalized spacial score (nSPS) is 11.6. The Hall–Kier alpha value is -0.850. The van der Waals surface area contributed by atoms with Crippen LogP contribution in [0.4, 0.5) is 0 Å². The zero-order valence-electron chi connectivity index (χ0n) is 37.9. The smallest absolute Gasteiger partial charge is 0.0409 e. The minimum absolute atomic E-state index is 1.19. The molecule has 54 heavy (non-hydrogen) atoms. The molecule has 0 aliphatic carbocycles. The highest BCUT2D eigenvalue weighted by atomic mass is 14.7. The van der Waals surface area contributed by atoms with Crippen LogP contribution in [0.1, 0.15) is 307 Å². The van der Waals surface area contributed by atoms with E-state index < -0.39 is 0 Å². The number of nitrogens with zero attached hydrogens (tertiary/aromatic N) is 1. The lowest BCUT2D eigenvalue weighted by Gasteiger charge is -2.10. The maximum Gasteiger partial charge on any atom is 0.0409 e. The fourth-order valence-corrected chi connectivity index (χ4v) is 8.62. The van der Waals surface area contributed by atoms with Gasteiger partial charge in [-0.25, -0.2) is 0 Å². The van der Waals surface area contributed by atoms with Gasteiger partial charge in [0, 0.05) is 11.4 Å². The van der Waals surface area contributed by atoms with Crippen LogP contribution in [0, 0.1) is 0 Å². The van der Waals surface area contributed by atoms with E-state index in [-0.39, 0.29) is 0 Å². The predicted octanol–water partition coefficient (Wildman–Crippen LogP) is 19.2. The van der Waals surface area contributed by atoms with Crippen LogP contribution >= 0.6 is 0 Å². The first-order valence-electron chi connectivity index (χ1n) is 25.8. The highest BCUT2D eigenvalue weighted by Crippen LogP contribution is 2.19. The third kappa shape index (κ3) is 36.8. The van der Waals surface area contributed by atoms with Crippen molar-refractivity contribution in [1.29, 1.82) is 0 Å². The standard InChI is InChI=1S/C53H101N/c1-4-7-10-12-14-16-18-20-22-24-26-28-30-32-34-36-38-40-42-44-47-52-49-51(46-9-6-3)50-53(54-52)48-45-43-41-39-37-35-33-31-29-27-25-23-21-19-17-15-13-11-8-5-2/h49-50H,4-48H2,1-3H3. The van der Waals surface area contributed by atoms with Crippen LogP contribution < -0.4 is 0 Å². The van der Waals surface area contributed by atoms with E-state index in [2.05, 4.69) is 32.9 Å². The van der Waals surface area contributed by atoms with Crippen LogP contribution in [0.25, 0.3) is 0 Å². The van der Waals surface area contributed by atoms with Crippen LogP contribution in [0.15, 0.2) is 12.1 Å². The zero-order valence-corrected chi connectivity index (χ0v) is 37.9. The molecule has 0 saturated carbocycles. The molecule has 0 unspecified atom stereocenters. The monoisotopic (exact) mass is 752 g/mol. The van der Waals surface area contributed by atoms with Gasteiger partial charge in [-0.05, 0) is 56.2 Å². The number of aromatic nitrogens is 1. The number of pyridine rings is 1. The molecule has 1 heterocycles. The van der Waals surface area contributed by atoms with E-state index in [0.29, 0.717) is 0 Å². The van der Waals surface area contributed by atoms with Crippen molar-refractivity contribution in [2.24, 2.45) is 0 Å². The highest BCUT2D eigenvalue weighted by Gasteiger charge is 2.05. The van der Waals surface area contributed by atoms with E-state index in [1.54, 1.807) is 5.56 Å². The molecule has 0 amide bonds. The summed E-state index contributed by atoms with van der Waals surface area (Å²) in [4.78, 5) is 5.18.